The van der Waals surface area contributed by atoms with Crippen molar-refractivity contribution in [1.29, 1.82) is 0 Å². The van der Waals surface area contributed by atoms with Gasteiger partial charge < -0.3 is 10.2 Å². The van der Waals surface area contributed by atoms with Gasteiger partial charge in [0.05, 0.1) is 6.20 Å². The normalized spacial score (nSPS) is 11.0. The lowest BCUT2D eigenvalue weighted by Crippen LogP contribution is -2.15. The Hall–Kier alpha value is -2.30. The molecule has 0 aliphatic heterocycles. The minimum atomic E-state index is -0.153. The third-order valence-electron chi connectivity index (χ3n) is 3.41. The molecular weight excluding hydrogens is 370 g/mol. The Kier molecular flexibility index (Phi) is 6.31. The molecule has 1 N–H and O–H groups in total. The molecule has 0 aliphatic rings. The lowest BCUT2D eigenvalue weighted by Gasteiger charge is -2.08. The zero-order valence-corrected chi connectivity index (χ0v) is 16.1. The van der Waals surface area contributed by atoms with Crippen LogP contribution in [0.15, 0.2) is 46.0 Å². The van der Waals surface area contributed by atoms with Crippen LogP contribution in [0.3, 0.4) is 0 Å². The summed E-state index contributed by atoms with van der Waals surface area (Å²) in [5.41, 5.74) is 0.611. The van der Waals surface area contributed by atoms with Crippen molar-refractivity contribution in [3.63, 3.8) is 0 Å². The third-order valence-corrected chi connectivity index (χ3v) is 5.37. The Morgan fingerprint density at radius 3 is 2.88 bits per heavy atom. The van der Waals surface area contributed by atoms with E-state index >= 15 is 0 Å². The molecule has 10 heteroatoms. The van der Waals surface area contributed by atoms with E-state index in [0.717, 1.165) is 23.8 Å². The Morgan fingerprint density at radius 2 is 2.12 bits per heavy atom. The van der Waals surface area contributed by atoms with E-state index in [4.69, 9.17) is 0 Å². The summed E-state index contributed by atoms with van der Waals surface area (Å²) in [5.74, 6) is -0.153. The van der Waals surface area contributed by atoms with Crippen LogP contribution in [0.1, 0.15) is 16.8 Å². The summed E-state index contributed by atoms with van der Waals surface area (Å²) in [5, 5.41) is 16.1. The molecule has 1 amide bonds. The maximum absolute atomic E-state index is 12.2. The summed E-state index contributed by atoms with van der Waals surface area (Å²) in [6.07, 6.45) is 2.61. The van der Waals surface area contributed by atoms with Crippen LogP contribution in [0.25, 0.3) is 0 Å². The van der Waals surface area contributed by atoms with Gasteiger partial charge in [-0.3, -0.25) is 4.79 Å². The van der Waals surface area contributed by atoms with Gasteiger partial charge in [-0.2, -0.15) is 0 Å². The highest BCUT2D eigenvalue weighted by molar-refractivity contribution is 8.00. The molecule has 0 bridgehead atoms. The lowest BCUT2D eigenvalue weighted by atomic mass is 10.2. The Morgan fingerprint density at radius 1 is 1.31 bits per heavy atom. The molecule has 0 spiro atoms. The number of carbonyl (C=O) groups excluding carboxylic acids is 1. The number of hydrogen-bond acceptors (Lipinski definition) is 8. The van der Waals surface area contributed by atoms with E-state index in [2.05, 4.69) is 30.7 Å². The van der Waals surface area contributed by atoms with Crippen LogP contribution >= 0.6 is 23.1 Å². The second kappa shape index (κ2) is 8.88. The molecule has 0 saturated heterocycles. The number of rotatable bonds is 8. The Balaban J connectivity index is 1.59. The molecule has 2 aromatic heterocycles. The molecule has 2 heterocycles. The lowest BCUT2D eigenvalue weighted by molar-refractivity contribution is 0.102. The highest BCUT2D eigenvalue weighted by Gasteiger charge is 2.13. The van der Waals surface area contributed by atoms with Crippen molar-refractivity contribution in [3.05, 3.63) is 42.1 Å². The van der Waals surface area contributed by atoms with E-state index in [1.807, 2.05) is 32.3 Å². The number of benzene rings is 1. The third kappa shape index (κ3) is 5.10. The summed E-state index contributed by atoms with van der Waals surface area (Å²) in [6.45, 7) is 1.72. The number of nitrogens with one attached hydrogen (secondary N) is 1. The molecule has 3 rings (SSSR count). The van der Waals surface area contributed by atoms with Gasteiger partial charge in [0.15, 0.2) is 4.34 Å². The number of thiazole rings is 1. The number of aryl methyl sites for hydroxylation is 1. The zero-order valence-electron chi connectivity index (χ0n) is 14.5. The van der Waals surface area contributed by atoms with E-state index in [1.165, 1.54) is 23.1 Å². The number of anilines is 1. The fraction of sp³-hybridized carbons (Fsp3) is 0.312. The molecule has 136 valence electrons. The fourth-order valence-corrected chi connectivity index (χ4v) is 3.94. The standard InChI is InChI=1S/C16H19N7OS2/c1-22(2)9-6-10-23-15(19-20-21-23)26-16-17-11-13(25-16)18-14(24)12-7-4-3-5-8-12/h3-5,7-8,11H,6,9-10H2,1-2H3,(H,18,24). The van der Waals surface area contributed by atoms with Crippen molar-refractivity contribution < 1.29 is 4.79 Å². The van der Waals surface area contributed by atoms with E-state index in [-0.39, 0.29) is 5.91 Å². The summed E-state index contributed by atoms with van der Waals surface area (Å²) in [7, 11) is 4.08. The molecule has 3 aromatic rings. The second-order valence-corrected chi connectivity index (χ2v) is 8.00. The zero-order chi connectivity index (χ0) is 18.4. The first-order valence-electron chi connectivity index (χ1n) is 8.03. The van der Waals surface area contributed by atoms with E-state index < -0.39 is 0 Å². The molecular formula is C16H19N7OS2. The number of carbonyl (C=O) groups is 1. The summed E-state index contributed by atoms with van der Waals surface area (Å²) in [4.78, 5) is 18.6. The molecule has 26 heavy (non-hydrogen) atoms. The van der Waals surface area contributed by atoms with Gasteiger partial charge in [-0.25, -0.2) is 9.67 Å². The summed E-state index contributed by atoms with van der Waals surface area (Å²) in [6, 6.07) is 9.08. The quantitative estimate of drug-likeness (QED) is 0.633. The first-order chi connectivity index (χ1) is 12.6. The van der Waals surface area contributed by atoms with Crippen LogP contribution in [0, 0.1) is 0 Å². The van der Waals surface area contributed by atoms with Crippen LogP contribution in [0.4, 0.5) is 5.00 Å². The largest absolute Gasteiger partial charge is 0.312 e. The summed E-state index contributed by atoms with van der Waals surface area (Å²) < 4.78 is 2.55. The molecule has 0 radical (unpaired) electrons. The van der Waals surface area contributed by atoms with Crippen molar-refractivity contribution in [3.8, 4) is 0 Å². The number of nitrogens with zero attached hydrogens (tertiary/aromatic N) is 6. The van der Waals surface area contributed by atoms with E-state index in [9.17, 15) is 4.79 Å². The van der Waals surface area contributed by atoms with Gasteiger partial charge in [0.1, 0.15) is 5.00 Å². The molecule has 0 fully saturated rings. The predicted octanol–water partition coefficient (Wildman–Crippen LogP) is 2.48. The molecule has 0 saturated carbocycles. The minimum Gasteiger partial charge on any atom is -0.312 e. The maximum Gasteiger partial charge on any atom is 0.256 e. The predicted molar refractivity (Wildman–Crippen MR) is 102 cm³/mol. The highest BCUT2D eigenvalue weighted by Crippen LogP contribution is 2.32. The molecule has 8 nitrogen and oxygen atoms in total. The van der Waals surface area contributed by atoms with Gasteiger partial charge in [-0.15, -0.1) is 5.10 Å². The average molecular weight is 390 g/mol. The van der Waals surface area contributed by atoms with Crippen LogP contribution < -0.4 is 5.32 Å². The molecule has 1 aromatic carbocycles. The fourth-order valence-electron chi connectivity index (χ4n) is 2.16. The smallest absolute Gasteiger partial charge is 0.256 e. The SMILES string of the molecule is CN(C)CCCn1nnnc1Sc1ncc(NC(=O)c2ccccc2)s1. The number of tetrazole rings is 1. The van der Waals surface area contributed by atoms with Crippen LogP contribution in [0.2, 0.25) is 0 Å². The first-order valence-corrected chi connectivity index (χ1v) is 9.66. The molecule has 0 atom stereocenters. The van der Waals surface area contributed by atoms with Crippen LogP contribution in [0.5, 0.6) is 0 Å². The monoisotopic (exact) mass is 389 g/mol. The Bertz CT molecular complexity index is 847. The van der Waals surface area contributed by atoms with Gasteiger partial charge in [-0.05, 0) is 61.4 Å². The topological polar surface area (TPSA) is 88.8 Å². The van der Waals surface area contributed by atoms with Crippen LogP contribution in [-0.4, -0.2) is 56.6 Å². The van der Waals surface area contributed by atoms with Crippen molar-refractivity contribution in [2.75, 3.05) is 26.0 Å². The van der Waals surface area contributed by atoms with Crippen molar-refractivity contribution in [2.45, 2.75) is 22.5 Å². The van der Waals surface area contributed by atoms with Gasteiger partial charge >= 0.3 is 0 Å². The van der Waals surface area contributed by atoms with Crippen molar-refractivity contribution in [1.82, 2.24) is 30.1 Å². The first kappa shape index (κ1) is 18.5. The van der Waals surface area contributed by atoms with Crippen molar-refractivity contribution in [2.24, 2.45) is 0 Å². The van der Waals surface area contributed by atoms with Gasteiger partial charge in [0.2, 0.25) is 5.16 Å². The number of hydrogen-bond donors (Lipinski definition) is 1. The summed E-state index contributed by atoms with van der Waals surface area (Å²) >= 11 is 2.79. The van der Waals surface area contributed by atoms with Gasteiger partial charge in [0.25, 0.3) is 5.91 Å². The van der Waals surface area contributed by atoms with Crippen LogP contribution in [-0.2, 0) is 6.54 Å². The van der Waals surface area contributed by atoms with E-state index in [1.54, 1.807) is 23.0 Å². The van der Waals surface area contributed by atoms with E-state index in [0.29, 0.717) is 15.7 Å². The maximum atomic E-state index is 12.2. The highest BCUT2D eigenvalue weighted by atomic mass is 32.2. The Labute approximate surface area is 159 Å². The van der Waals surface area contributed by atoms with Gasteiger partial charge in [-0.1, -0.05) is 29.5 Å². The number of amides is 1. The number of aromatic nitrogens is 5. The molecule has 0 unspecified atom stereocenters. The average Bonchev–Trinajstić information content (AvgIpc) is 3.25. The molecule has 0 aliphatic carbocycles. The van der Waals surface area contributed by atoms with Crippen molar-refractivity contribution >= 4 is 34.0 Å². The second-order valence-electron chi connectivity index (χ2n) is 5.75. The van der Waals surface area contributed by atoms with Gasteiger partial charge in [0, 0.05) is 12.1 Å². The minimum absolute atomic E-state index is 0.153.